The molecular weight excluding hydrogens is 366 g/mol. The molecule has 1 aliphatic carbocycles. The zero-order valence-electron chi connectivity index (χ0n) is 15.6. The van der Waals surface area contributed by atoms with Gasteiger partial charge < -0.3 is 10.1 Å². The van der Waals surface area contributed by atoms with Crippen molar-refractivity contribution in [3.8, 4) is 0 Å². The van der Waals surface area contributed by atoms with Crippen LogP contribution in [-0.2, 0) is 35.5 Å². The highest BCUT2D eigenvalue weighted by atomic mass is 32.1. The fourth-order valence-corrected chi connectivity index (χ4v) is 5.50. The Hall–Kier alpha value is -1.93. The number of fused-ring (bicyclic) bond motifs is 3. The van der Waals surface area contributed by atoms with Crippen molar-refractivity contribution in [3.05, 3.63) is 31.3 Å². The molecule has 2 aliphatic rings. The maximum atomic E-state index is 13.1. The highest BCUT2D eigenvalue weighted by Crippen LogP contribution is 2.34. The molecule has 1 amide bonds. The van der Waals surface area contributed by atoms with Crippen molar-refractivity contribution < 1.29 is 9.53 Å². The van der Waals surface area contributed by atoms with Gasteiger partial charge in [0.15, 0.2) is 0 Å². The molecule has 0 radical (unpaired) electrons. The molecule has 0 unspecified atom stereocenters. The van der Waals surface area contributed by atoms with Crippen LogP contribution in [-0.4, -0.2) is 34.3 Å². The Morgan fingerprint density at radius 1 is 1.22 bits per heavy atom. The zero-order valence-corrected chi connectivity index (χ0v) is 16.4. The van der Waals surface area contributed by atoms with Gasteiger partial charge in [0.2, 0.25) is 5.91 Å². The van der Waals surface area contributed by atoms with Crippen LogP contribution in [0, 0.1) is 0 Å². The van der Waals surface area contributed by atoms with Crippen LogP contribution in [0.2, 0.25) is 0 Å². The second-order valence-electron chi connectivity index (χ2n) is 7.25. The molecule has 0 bridgehead atoms. The third kappa shape index (κ3) is 3.36. The van der Waals surface area contributed by atoms with Crippen LogP contribution in [0.25, 0.3) is 10.2 Å². The van der Waals surface area contributed by atoms with Crippen molar-refractivity contribution in [2.75, 3.05) is 13.2 Å². The maximum Gasteiger partial charge on any atom is 0.332 e. The fourth-order valence-electron chi connectivity index (χ4n) is 4.07. The topological polar surface area (TPSA) is 82.3 Å². The third-order valence-corrected chi connectivity index (χ3v) is 6.80. The summed E-state index contributed by atoms with van der Waals surface area (Å²) in [6.45, 7) is 3.27. The van der Waals surface area contributed by atoms with E-state index in [1.165, 1.54) is 4.88 Å². The Kier molecular flexibility index (Phi) is 5.19. The molecule has 0 spiro atoms. The first-order valence-corrected chi connectivity index (χ1v) is 10.6. The normalized spacial score (nSPS) is 19.4. The van der Waals surface area contributed by atoms with Gasteiger partial charge in [-0.3, -0.25) is 18.7 Å². The average Bonchev–Trinajstić information content (AvgIpc) is 3.31. The number of hydrogen-bond acceptors (Lipinski definition) is 5. The minimum absolute atomic E-state index is 0.0318. The predicted octanol–water partition coefficient (Wildman–Crippen LogP) is 1.42. The summed E-state index contributed by atoms with van der Waals surface area (Å²) >= 11 is 1.57. The van der Waals surface area contributed by atoms with Gasteiger partial charge in [0.05, 0.1) is 11.5 Å². The van der Waals surface area contributed by atoms with E-state index in [0.717, 1.165) is 60.1 Å². The number of nitrogens with one attached hydrogen (secondary N) is 1. The third-order valence-electron chi connectivity index (χ3n) is 5.49. The molecule has 1 atom stereocenters. The van der Waals surface area contributed by atoms with Gasteiger partial charge in [-0.25, -0.2) is 4.79 Å². The number of rotatable bonds is 5. The average molecular weight is 391 g/mol. The Morgan fingerprint density at radius 3 is 2.78 bits per heavy atom. The van der Waals surface area contributed by atoms with Gasteiger partial charge in [0.25, 0.3) is 5.56 Å². The van der Waals surface area contributed by atoms with Crippen molar-refractivity contribution in [1.82, 2.24) is 14.5 Å². The van der Waals surface area contributed by atoms with Crippen molar-refractivity contribution in [3.63, 3.8) is 0 Å². The molecule has 0 aromatic carbocycles. The van der Waals surface area contributed by atoms with Crippen LogP contribution in [0.3, 0.4) is 0 Å². The van der Waals surface area contributed by atoms with Crippen molar-refractivity contribution in [2.24, 2.45) is 0 Å². The van der Waals surface area contributed by atoms with E-state index >= 15 is 0 Å². The monoisotopic (exact) mass is 391 g/mol. The van der Waals surface area contributed by atoms with Crippen LogP contribution >= 0.6 is 11.3 Å². The summed E-state index contributed by atoms with van der Waals surface area (Å²) in [4.78, 5) is 40.3. The molecular formula is C19H25N3O4S. The van der Waals surface area contributed by atoms with E-state index in [1.54, 1.807) is 15.9 Å². The SMILES string of the molecule is CCn1c(=O)n(CC(=O)NC[C@@H]2CCCO2)c(=O)c2c3c(sc21)CCCC3. The van der Waals surface area contributed by atoms with E-state index in [-0.39, 0.29) is 24.1 Å². The second-order valence-corrected chi connectivity index (χ2v) is 8.33. The van der Waals surface area contributed by atoms with Gasteiger partial charge in [-0.2, -0.15) is 0 Å². The fraction of sp³-hybridized carbons (Fsp3) is 0.632. The van der Waals surface area contributed by atoms with Gasteiger partial charge in [-0.05, 0) is 51.0 Å². The minimum Gasteiger partial charge on any atom is -0.376 e. The molecule has 146 valence electrons. The van der Waals surface area contributed by atoms with Gasteiger partial charge in [-0.15, -0.1) is 11.3 Å². The molecule has 0 saturated carbocycles. The molecule has 3 heterocycles. The van der Waals surface area contributed by atoms with E-state index in [9.17, 15) is 14.4 Å². The first-order chi connectivity index (χ1) is 13.1. The minimum atomic E-state index is -0.402. The van der Waals surface area contributed by atoms with Gasteiger partial charge in [0, 0.05) is 24.6 Å². The molecule has 8 heteroatoms. The van der Waals surface area contributed by atoms with Crippen LogP contribution < -0.4 is 16.6 Å². The number of hydrogen-bond donors (Lipinski definition) is 1. The van der Waals surface area contributed by atoms with Crippen molar-refractivity contribution in [1.29, 1.82) is 0 Å². The summed E-state index contributed by atoms with van der Waals surface area (Å²) in [7, 11) is 0. The smallest absolute Gasteiger partial charge is 0.332 e. The van der Waals surface area contributed by atoms with Crippen LogP contribution in [0.4, 0.5) is 0 Å². The number of aromatic nitrogens is 2. The lowest BCUT2D eigenvalue weighted by molar-refractivity contribution is -0.122. The van der Waals surface area contributed by atoms with Gasteiger partial charge in [-0.1, -0.05) is 0 Å². The summed E-state index contributed by atoms with van der Waals surface area (Å²) in [6, 6.07) is 0. The summed E-state index contributed by atoms with van der Waals surface area (Å²) in [5.74, 6) is -0.323. The van der Waals surface area contributed by atoms with E-state index in [4.69, 9.17) is 4.74 Å². The predicted molar refractivity (Wildman–Crippen MR) is 105 cm³/mol. The van der Waals surface area contributed by atoms with Crippen molar-refractivity contribution >= 4 is 27.5 Å². The highest BCUT2D eigenvalue weighted by molar-refractivity contribution is 7.18. The van der Waals surface area contributed by atoms with E-state index in [2.05, 4.69) is 5.32 Å². The molecule has 1 fully saturated rings. The molecule has 4 rings (SSSR count). The van der Waals surface area contributed by atoms with E-state index in [0.29, 0.717) is 18.5 Å². The highest BCUT2D eigenvalue weighted by Gasteiger charge is 2.24. The van der Waals surface area contributed by atoms with Gasteiger partial charge in [0.1, 0.15) is 11.4 Å². The Labute approximate surface area is 160 Å². The number of aryl methyl sites for hydroxylation is 3. The summed E-state index contributed by atoms with van der Waals surface area (Å²) in [5, 5.41) is 3.44. The Bertz CT molecular complexity index is 981. The van der Waals surface area contributed by atoms with Crippen LogP contribution in [0.5, 0.6) is 0 Å². The zero-order chi connectivity index (χ0) is 19.0. The molecule has 2 aromatic rings. The quantitative estimate of drug-likeness (QED) is 0.836. The molecule has 1 N–H and O–H groups in total. The summed E-state index contributed by atoms with van der Waals surface area (Å²) < 4.78 is 8.23. The number of ether oxygens (including phenoxy) is 1. The molecule has 2 aromatic heterocycles. The summed E-state index contributed by atoms with van der Waals surface area (Å²) in [6.07, 6.45) is 5.98. The largest absolute Gasteiger partial charge is 0.376 e. The number of amides is 1. The Morgan fingerprint density at radius 2 is 2.04 bits per heavy atom. The number of carbonyl (C=O) groups excluding carboxylic acids is 1. The second kappa shape index (κ2) is 7.59. The van der Waals surface area contributed by atoms with Crippen LogP contribution in [0.1, 0.15) is 43.0 Å². The van der Waals surface area contributed by atoms with E-state index < -0.39 is 5.69 Å². The molecule has 7 nitrogen and oxygen atoms in total. The standard InChI is InChI=1S/C19H25N3O4S/c1-2-21-18-16(13-7-3-4-8-14(13)27-18)17(24)22(19(21)25)11-15(23)20-10-12-6-5-9-26-12/h12H,2-11H2,1H3,(H,20,23)/t12-/m0/s1. The number of nitrogens with zero attached hydrogens (tertiary/aromatic N) is 2. The Balaban J connectivity index is 1.68. The lowest BCUT2D eigenvalue weighted by atomic mass is 9.97. The van der Waals surface area contributed by atoms with Gasteiger partial charge >= 0.3 is 5.69 Å². The van der Waals surface area contributed by atoms with Crippen LogP contribution in [0.15, 0.2) is 9.59 Å². The summed E-state index contributed by atoms with van der Waals surface area (Å²) in [5.41, 5.74) is 0.356. The maximum absolute atomic E-state index is 13.1. The van der Waals surface area contributed by atoms with Crippen molar-refractivity contribution in [2.45, 2.75) is 64.6 Å². The number of carbonyl (C=O) groups is 1. The lowest BCUT2D eigenvalue weighted by Crippen LogP contribution is -2.44. The molecule has 1 aliphatic heterocycles. The first-order valence-electron chi connectivity index (χ1n) is 9.76. The first kappa shape index (κ1) is 18.4. The molecule has 27 heavy (non-hydrogen) atoms. The van der Waals surface area contributed by atoms with E-state index in [1.807, 2.05) is 6.92 Å². The molecule has 1 saturated heterocycles. The lowest BCUT2D eigenvalue weighted by Gasteiger charge is -2.13. The number of thiophene rings is 1.